The van der Waals surface area contributed by atoms with E-state index in [1.807, 2.05) is 6.92 Å². The third-order valence-electron chi connectivity index (χ3n) is 5.75. The van der Waals surface area contributed by atoms with Gasteiger partial charge in [0.15, 0.2) is 0 Å². The summed E-state index contributed by atoms with van der Waals surface area (Å²) in [6.07, 6.45) is 2.60. The molecule has 9 nitrogen and oxygen atoms in total. The maximum Gasteiger partial charge on any atom is 0.338 e. The third kappa shape index (κ3) is 4.49. The van der Waals surface area contributed by atoms with Crippen molar-refractivity contribution in [2.75, 3.05) is 6.54 Å². The lowest BCUT2D eigenvalue weighted by Crippen LogP contribution is -2.41. The van der Waals surface area contributed by atoms with Gasteiger partial charge >= 0.3 is 11.7 Å². The number of ether oxygens (including phenoxy) is 1. The van der Waals surface area contributed by atoms with Gasteiger partial charge in [-0.3, -0.25) is 13.9 Å². The number of piperidine rings is 1. The number of hydrogen-bond acceptors (Lipinski definition) is 6. The summed E-state index contributed by atoms with van der Waals surface area (Å²) < 4.78 is 35.2. The van der Waals surface area contributed by atoms with Crippen LogP contribution in [0, 0.1) is 6.92 Å². The molecule has 1 aliphatic rings. The van der Waals surface area contributed by atoms with E-state index in [4.69, 9.17) is 4.74 Å². The van der Waals surface area contributed by atoms with Gasteiger partial charge in [-0.15, -0.1) is 0 Å². The quantitative estimate of drug-likeness (QED) is 0.637. The summed E-state index contributed by atoms with van der Waals surface area (Å²) in [5.41, 5.74) is -0.106. The van der Waals surface area contributed by atoms with Gasteiger partial charge in [-0.05, 0) is 44.4 Å². The lowest BCUT2D eigenvalue weighted by Gasteiger charge is -2.32. The van der Waals surface area contributed by atoms with E-state index < -0.39 is 27.2 Å². The summed E-state index contributed by atoms with van der Waals surface area (Å²) in [5, 5.41) is 0. The predicted octanol–water partition coefficient (Wildman–Crippen LogP) is 1.31. The number of nitrogens with zero attached hydrogens (tertiary/aromatic N) is 3. The molecular weight excluding hydrogens is 422 g/mol. The normalized spacial score (nSPS) is 17.5. The van der Waals surface area contributed by atoms with Gasteiger partial charge < -0.3 is 4.74 Å². The van der Waals surface area contributed by atoms with Crippen molar-refractivity contribution in [2.45, 2.75) is 50.7 Å². The van der Waals surface area contributed by atoms with Crippen LogP contribution in [0.25, 0.3) is 0 Å². The molecule has 1 aliphatic heterocycles. The minimum absolute atomic E-state index is 0.0415. The molecule has 0 amide bonds. The van der Waals surface area contributed by atoms with Gasteiger partial charge in [0.25, 0.3) is 5.56 Å². The summed E-state index contributed by atoms with van der Waals surface area (Å²) in [5.74, 6) is -0.727. The minimum Gasteiger partial charge on any atom is -0.456 e. The lowest BCUT2D eigenvalue weighted by molar-refractivity contribution is 0.0461. The first kappa shape index (κ1) is 23.0. The molecule has 1 aromatic heterocycles. The Morgan fingerprint density at radius 2 is 1.84 bits per heavy atom. The smallest absolute Gasteiger partial charge is 0.338 e. The number of carbonyl (C=O) groups is 1. The molecule has 168 valence electrons. The van der Waals surface area contributed by atoms with Crippen molar-refractivity contribution in [1.29, 1.82) is 0 Å². The average Bonchev–Trinajstić information content (AvgIpc) is 2.74. The Bertz CT molecular complexity index is 1230. The van der Waals surface area contributed by atoms with Crippen molar-refractivity contribution < 1.29 is 17.9 Å². The number of rotatable bonds is 5. The van der Waals surface area contributed by atoms with E-state index >= 15 is 0 Å². The topological polar surface area (TPSA) is 108 Å². The zero-order valence-electron chi connectivity index (χ0n) is 18.1. The Hall–Kier alpha value is -2.72. The Morgan fingerprint density at radius 1 is 1.13 bits per heavy atom. The first-order valence-corrected chi connectivity index (χ1v) is 11.5. The average molecular weight is 450 g/mol. The number of aryl methyl sites for hydroxylation is 1. The maximum absolute atomic E-state index is 13.1. The number of esters is 1. The van der Waals surface area contributed by atoms with E-state index in [2.05, 4.69) is 0 Å². The van der Waals surface area contributed by atoms with Crippen LogP contribution in [0.2, 0.25) is 0 Å². The molecule has 0 spiro atoms. The van der Waals surface area contributed by atoms with Crippen molar-refractivity contribution in [2.24, 2.45) is 14.1 Å². The SMILES string of the molecule is Cc1ccc(S(=O)(=O)N2CCCCC2C)cc1C(=O)OCc1cc(=O)n(C)c(=O)n1C. The number of carbonyl (C=O) groups excluding carboxylic acids is 1. The standard InChI is InChI=1S/C21H27N3O6S/c1-14-8-9-17(31(28,29)24-10-6-5-7-15(24)2)12-18(14)20(26)30-13-16-11-19(25)23(4)21(27)22(16)3/h8-9,11-12,15H,5-7,10,13H2,1-4H3. The molecule has 0 radical (unpaired) electrons. The molecule has 0 bridgehead atoms. The van der Waals surface area contributed by atoms with Crippen LogP contribution >= 0.6 is 0 Å². The van der Waals surface area contributed by atoms with E-state index in [1.54, 1.807) is 13.0 Å². The predicted molar refractivity (Wildman–Crippen MR) is 114 cm³/mol. The minimum atomic E-state index is -3.74. The second kappa shape index (κ2) is 8.80. The Morgan fingerprint density at radius 3 is 2.52 bits per heavy atom. The summed E-state index contributed by atoms with van der Waals surface area (Å²) in [7, 11) is -0.902. The van der Waals surface area contributed by atoms with Crippen molar-refractivity contribution in [3.05, 3.63) is 61.9 Å². The Kier molecular flexibility index (Phi) is 6.51. The van der Waals surface area contributed by atoms with Gasteiger partial charge in [0.2, 0.25) is 10.0 Å². The van der Waals surface area contributed by atoms with Crippen molar-refractivity contribution >= 4 is 16.0 Å². The third-order valence-corrected chi connectivity index (χ3v) is 7.76. The molecule has 0 saturated carbocycles. The van der Waals surface area contributed by atoms with Crippen LogP contribution < -0.4 is 11.2 Å². The van der Waals surface area contributed by atoms with Crippen LogP contribution in [0.1, 0.15) is 47.8 Å². The highest BCUT2D eigenvalue weighted by molar-refractivity contribution is 7.89. The zero-order chi connectivity index (χ0) is 22.9. The van der Waals surface area contributed by atoms with Crippen LogP contribution in [-0.4, -0.2) is 40.4 Å². The van der Waals surface area contributed by atoms with Gasteiger partial charge in [-0.2, -0.15) is 4.31 Å². The first-order chi connectivity index (χ1) is 14.5. The monoisotopic (exact) mass is 449 g/mol. The molecule has 1 fully saturated rings. The molecule has 2 aromatic rings. The van der Waals surface area contributed by atoms with Gasteiger partial charge in [-0.25, -0.2) is 18.0 Å². The number of benzene rings is 1. The fourth-order valence-electron chi connectivity index (χ4n) is 3.68. The van der Waals surface area contributed by atoms with E-state index in [9.17, 15) is 22.8 Å². The lowest BCUT2D eigenvalue weighted by atomic mass is 10.1. The summed E-state index contributed by atoms with van der Waals surface area (Å²) >= 11 is 0. The van der Waals surface area contributed by atoms with E-state index in [0.717, 1.165) is 23.8 Å². The molecule has 1 aromatic carbocycles. The molecule has 1 saturated heterocycles. The highest BCUT2D eigenvalue weighted by Gasteiger charge is 2.31. The van der Waals surface area contributed by atoms with Crippen LogP contribution in [0.4, 0.5) is 0 Å². The Labute approximate surface area is 180 Å². The van der Waals surface area contributed by atoms with E-state index in [0.29, 0.717) is 12.1 Å². The van der Waals surface area contributed by atoms with Crippen molar-refractivity contribution in [3.63, 3.8) is 0 Å². The molecule has 1 atom stereocenters. The van der Waals surface area contributed by atoms with E-state index in [1.165, 1.54) is 41.2 Å². The molecular formula is C21H27N3O6S. The van der Waals surface area contributed by atoms with Crippen molar-refractivity contribution in [3.8, 4) is 0 Å². The largest absolute Gasteiger partial charge is 0.456 e. The molecule has 2 heterocycles. The first-order valence-electron chi connectivity index (χ1n) is 10.1. The van der Waals surface area contributed by atoms with Gasteiger partial charge in [0.05, 0.1) is 16.2 Å². The number of hydrogen-bond donors (Lipinski definition) is 0. The van der Waals surface area contributed by atoms with Gasteiger partial charge in [0, 0.05) is 32.7 Å². The highest BCUT2D eigenvalue weighted by atomic mass is 32.2. The van der Waals surface area contributed by atoms with Crippen LogP contribution in [0.5, 0.6) is 0 Å². The van der Waals surface area contributed by atoms with Crippen molar-refractivity contribution in [1.82, 2.24) is 13.4 Å². The molecule has 3 rings (SSSR count). The fourth-order valence-corrected chi connectivity index (χ4v) is 5.41. The number of sulfonamides is 1. The highest BCUT2D eigenvalue weighted by Crippen LogP contribution is 2.26. The summed E-state index contributed by atoms with van der Waals surface area (Å²) in [6.45, 7) is 3.73. The van der Waals surface area contributed by atoms with Crippen LogP contribution in [0.3, 0.4) is 0 Å². The Balaban J connectivity index is 1.86. The van der Waals surface area contributed by atoms with Gasteiger partial charge in [0.1, 0.15) is 6.61 Å². The van der Waals surface area contributed by atoms with Gasteiger partial charge in [-0.1, -0.05) is 12.5 Å². The molecule has 0 N–H and O–H groups in total. The fraction of sp³-hybridized carbons (Fsp3) is 0.476. The zero-order valence-corrected chi connectivity index (χ0v) is 18.9. The number of aromatic nitrogens is 2. The van der Waals surface area contributed by atoms with E-state index in [-0.39, 0.29) is 28.8 Å². The molecule has 1 unspecified atom stereocenters. The van der Waals surface area contributed by atoms with Crippen LogP contribution in [0.15, 0.2) is 38.8 Å². The second-order valence-electron chi connectivity index (χ2n) is 7.89. The summed E-state index contributed by atoms with van der Waals surface area (Å²) in [4.78, 5) is 36.6. The molecule has 31 heavy (non-hydrogen) atoms. The molecule has 0 aliphatic carbocycles. The maximum atomic E-state index is 13.1. The summed E-state index contributed by atoms with van der Waals surface area (Å²) in [6, 6.07) is 5.52. The van der Waals surface area contributed by atoms with Crippen LogP contribution in [-0.2, 0) is 35.5 Å². The second-order valence-corrected chi connectivity index (χ2v) is 9.78. The molecule has 10 heteroatoms.